The highest BCUT2D eigenvalue weighted by Gasteiger charge is 2.23. The molecular formula is C28H38N4O3. The first-order valence-corrected chi connectivity index (χ1v) is 12.2. The number of aliphatic imine (C=N–C) groups is 1. The number of benzene rings is 2. The minimum absolute atomic E-state index is 0.0866. The van der Waals surface area contributed by atoms with Crippen molar-refractivity contribution in [3.05, 3.63) is 99.6 Å². The molecule has 2 N–H and O–H groups in total. The van der Waals surface area contributed by atoms with Crippen molar-refractivity contribution < 1.29 is 9.66 Å². The van der Waals surface area contributed by atoms with Gasteiger partial charge in [0.1, 0.15) is 12.4 Å². The van der Waals surface area contributed by atoms with E-state index >= 15 is 0 Å². The minimum atomic E-state index is -0.460. The molecule has 0 amide bonds. The fourth-order valence-corrected chi connectivity index (χ4v) is 3.80. The van der Waals surface area contributed by atoms with Crippen LogP contribution in [0.2, 0.25) is 0 Å². The van der Waals surface area contributed by atoms with Crippen molar-refractivity contribution in [3.8, 4) is 5.75 Å². The Labute approximate surface area is 209 Å². The Balaban J connectivity index is 2.15. The fraction of sp³-hybridized carbons (Fsp3) is 0.393. The highest BCUT2D eigenvalue weighted by Crippen LogP contribution is 2.27. The quantitative estimate of drug-likeness (QED) is 0.139. The number of hydrogen-bond donors (Lipinski definition) is 1. The number of hydrazine groups is 1. The monoisotopic (exact) mass is 478 g/mol. The Morgan fingerprint density at radius 1 is 1.14 bits per heavy atom. The predicted molar refractivity (Wildman–Crippen MR) is 142 cm³/mol. The molecule has 0 radical (unpaired) electrons. The second-order valence-corrected chi connectivity index (χ2v) is 8.71. The van der Waals surface area contributed by atoms with Gasteiger partial charge in [-0.25, -0.2) is 10.8 Å². The van der Waals surface area contributed by atoms with Crippen molar-refractivity contribution in [1.29, 1.82) is 0 Å². The number of ether oxygens (including phenoxy) is 1. The van der Waals surface area contributed by atoms with E-state index in [0.717, 1.165) is 42.6 Å². The van der Waals surface area contributed by atoms with Crippen LogP contribution in [0, 0.1) is 16.0 Å². The Morgan fingerprint density at radius 3 is 2.29 bits per heavy atom. The van der Waals surface area contributed by atoms with Gasteiger partial charge in [-0.05, 0) is 36.1 Å². The second-order valence-electron chi connectivity index (χ2n) is 8.71. The van der Waals surface area contributed by atoms with Gasteiger partial charge in [0.15, 0.2) is 0 Å². The topological polar surface area (TPSA) is 94.0 Å². The van der Waals surface area contributed by atoms with E-state index < -0.39 is 4.92 Å². The number of nitrogens with two attached hydrogens (primary N) is 1. The number of allylic oxidation sites excluding steroid dienone is 2. The maximum absolute atomic E-state index is 11.6. The van der Waals surface area contributed by atoms with Gasteiger partial charge in [0.05, 0.1) is 4.92 Å². The van der Waals surface area contributed by atoms with Crippen LogP contribution in [0.3, 0.4) is 0 Å². The number of rotatable bonds is 14. The van der Waals surface area contributed by atoms with Crippen LogP contribution in [0.25, 0.3) is 0 Å². The van der Waals surface area contributed by atoms with Crippen LogP contribution in [0.4, 0.5) is 0 Å². The summed E-state index contributed by atoms with van der Waals surface area (Å²) in [4.78, 5) is 15.6. The zero-order valence-electron chi connectivity index (χ0n) is 21.3. The fourth-order valence-electron chi connectivity index (χ4n) is 3.80. The van der Waals surface area contributed by atoms with Gasteiger partial charge in [-0.15, -0.1) is 0 Å². The lowest BCUT2D eigenvalue weighted by molar-refractivity contribution is -0.426. The summed E-state index contributed by atoms with van der Waals surface area (Å²) in [5.74, 6) is 7.27. The third-order valence-electron chi connectivity index (χ3n) is 5.96. The first kappa shape index (κ1) is 27.8. The van der Waals surface area contributed by atoms with Crippen molar-refractivity contribution >= 4 is 6.21 Å². The van der Waals surface area contributed by atoms with Crippen LogP contribution in [-0.2, 0) is 6.61 Å². The normalized spacial score (nSPS) is 13.0. The van der Waals surface area contributed by atoms with Crippen molar-refractivity contribution in [1.82, 2.24) is 5.01 Å². The Hall–Kier alpha value is -3.45. The average molecular weight is 479 g/mol. The van der Waals surface area contributed by atoms with E-state index in [1.165, 1.54) is 11.9 Å². The zero-order chi connectivity index (χ0) is 25.8. The Morgan fingerprint density at radius 2 is 1.74 bits per heavy atom. The van der Waals surface area contributed by atoms with Crippen LogP contribution in [0.15, 0.2) is 83.4 Å². The van der Waals surface area contributed by atoms with Crippen molar-refractivity contribution in [2.75, 3.05) is 0 Å². The maximum Gasteiger partial charge on any atom is 0.286 e. The smallest absolute Gasteiger partial charge is 0.286 e. The molecule has 0 aliphatic carbocycles. The van der Waals surface area contributed by atoms with Gasteiger partial charge >= 0.3 is 0 Å². The van der Waals surface area contributed by atoms with Gasteiger partial charge in [0.25, 0.3) is 5.70 Å². The molecule has 0 bridgehead atoms. The summed E-state index contributed by atoms with van der Waals surface area (Å²) in [6.07, 6.45) is 5.49. The molecule has 1 unspecified atom stereocenters. The predicted octanol–water partition coefficient (Wildman–Crippen LogP) is 6.81. The second kappa shape index (κ2) is 14.1. The summed E-state index contributed by atoms with van der Waals surface area (Å²) < 4.78 is 5.85. The molecule has 2 aromatic carbocycles. The van der Waals surface area contributed by atoms with Crippen LogP contribution in [-0.4, -0.2) is 16.1 Å². The zero-order valence-corrected chi connectivity index (χ0v) is 21.3. The summed E-state index contributed by atoms with van der Waals surface area (Å²) in [7, 11) is 0. The highest BCUT2D eigenvalue weighted by atomic mass is 16.6. The van der Waals surface area contributed by atoms with E-state index in [0.29, 0.717) is 12.3 Å². The van der Waals surface area contributed by atoms with Crippen LogP contribution < -0.4 is 10.6 Å². The van der Waals surface area contributed by atoms with E-state index in [4.69, 9.17) is 10.6 Å². The molecule has 2 aromatic rings. The van der Waals surface area contributed by atoms with Gasteiger partial charge in [0.2, 0.25) is 5.82 Å². The first-order chi connectivity index (χ1) is 16.8. The minimum Gasteiger partial charge on any atom is -0.489 e. The van der Waals surface area contributed by atoms with Gasteiger partial charge in [-0.1, -0.05) is 82.7 Å². The number of nitro groups is 1. The highest BCUT2D eigenvalue weighted by molar-refractivity contribution is 5.68. The van der Waals surface area contributed by atoms with Crippen LogP contribution in [0.1, 0.15) is 70.4 Å². The average Bonchev–Trinajstić information content (AvgIpc) is 2.87. The SMILES string of the molecule is C=C(C(CCC)CCC)N(N)C(/N=C\C(C)c1ccc(OCc2ccccc2)cc1)=C(\C)[N+](=O)[O-]. The van der Waals surface area contributed by atoms with Gasteiger partial charge in [0, 0.05) is 30.7 Å². The molecule has 0 saturated carbocycles. The molecule has 0 aliphatic heterocycles. The summed E-state index contributed by atoms with van der Waals surface area (Å²) in [6, 6.07) is 17.8. The molecule has 0 aromatic heterocycles. The molecule has 1 atom stereocenters. The van der Waals surface area contributed by atoms with E-state index in [-0.39, 0.29) is 23.4 Å². The lowest BCUT2D eigenvalue weighted by Gasteiger charge is -2.27. The maximum atomic E-state index is 11.6. The molecule has 7 heteroatoms. The van der Waals surface area contributed by atoms with Gasteiger partial charge in [-0.2, -0.15) is 0 Å². The van der Waals surface area contributed by atoms with Crippen LogP contribution in [0.5, 0.6) is 5.75 Å². The lowest BCUT2D eigenvalue weighted by Crippen LogP contribution is -2.33. The van der Waals surface area contributed by atoms with Crippen LogP contribution >= 0.6 is 0 Å². The molecule has 0 fully saturated rings. The van der Waals surface area contributed by atoms with E-state index in [1.54, 1.807) is 6.21 Å². The lowest BCUT2D eigenvalue weighted by atomic mass is 9.95. The first-order valence-electron chi connectivity index (χ1n) is 12.2. The summed E-state index contributed by atoms with van der Waals surface area (Å²) in [5, 5.41) is 12.8. The molecule has 2 rings (SSSR count). The number of nitrogens with zero attached hydrogens (tertiary/aromatic N) is 3. The van der Waals surface area contributed by atoms with Gasteiger partial charge in [-0.3, -0.25) is 15.1 Å². The third-order valence-corrected chi connectivity index (χ3v) is 5.96. The largest absolute Gasteiger partial charge is 0.489 e. The molecule has 188 valence electrons. The Bertz CT molecular complexity index is 1010. The van der Waals surface area contributed by atoms with E-state index in [2.05, 4.69) is 25.4 Å². The number of hydrogen-bond acceptors (Lipinski definition) is 6. The molecule has 0 aliphatic rings. The third kappa shape index (κ3) is 8.37. The Kier molecular flexibility index (Phi) is 11.2. The molecule has 35 heavy (non-hydrogen) atoms. The molecule has 0 heterocycles. The van der Waals surface area contributed by atoms with E-state index in [1.807, 2.05) is 61.5 Å². The molecule has 0 saturated heterocycles. The van der Waals surface area contributed by atoms with Crippen molar-refractivity contribution in [2.45, 2.75) is 65.9 Å². The molecular weight excluding hydrogens is 440 g/mol. The summed E-state index contributed by atoms with van der Waals surface area (Å²) in [6.45, 7) is 12.2. The van der Waals surface area contributed by atoms with E-state index in [9.17, 15) is 10.1 Å². The molecule has 7 nitrogen and oxygen atoms in total. The van der Waals surface area contributed by atoms with Gasteiger partial charge < -0.3 is 4.74 Å². The van der Waals surface area contributed by atoms with Crippen molar-refractivity contribution in [3.63, 3.8) is 0 Å². The molecule has 0 spiro atoms. The summed E-state index contributed by atoms with van der Waals surface area (Å²) >= 11 is 0. The standard InChI is InChI=1S/C28H38N4O3/c1-6-11-26(12-7-2)22(4)31(29)28(23(5)32(33)34)30-19-21(3)25-15-17-27(18-16-25)35-20-24-13-9-8-10-14-24/h8-10,13-19,21,26H,4,6-7,11-12,20,29H2,1-3,5H3/b28-23+,30-19-. The van der Waals surface area contributed by atoms with Crippen molar-refractivity contribution in [2.24, 2.45) is 16.8 Å². The summed E-state index contributed by atoms with van der Waals surface area (Å²) in [5.41, 5.74) is 2.64.